The van der Waals surface area contributed by atoms with Gasteiger partial charge in [-0.15, -0.1) is 11.3 Å². The Bertz CT molecular complexity index is 283. The minimum Gasteiger partial charge on any atom is -0.386 e. The Labute approximate surface area is 90.0 Å². The molecule has 1 N–H and O–H groups in total. The van der Waals surface area contributed by atoms with E-state index in [1.54, 1.807) is 11.3 Å². The second-order valence-corrected chi connectivity index (χ2v) is 5.19. The third-order valence-electron chi connectivity index (χ3n) is 2.65. The van der Waals surface area contributed by atoms with Crippen LogP contribution in [0.3, 0.4) is 0 Å². The second kappa shape index (κ2) is 4.89. The van der Waals surface area contributed by atoms with Crippen molar-refractivity contribution >= 4 is 11.3 Å². The van der Waals surface area contributed by atoms with E-state index < -0.39 is 0 Å². The van der Waals surface area contributed by atoms with E-state index in [9.17, 15) is 5.11 Å². The first kappa shape index (κ1) is 11.7. The minimum absolute atomic E-state index is 0.383. The molecule has 2 nitrogen and oxygen atoms in total. The van der Waals surface area contributed by atoms with Crippen LogP contribution in [0.5, 0.6) is 0 Å². The fourth-order valence-electron chi connectivity index (χ4n) is 1.25. The third kappa shape index (κ3) is 3.07. The number of aliphatic hydroxyl groups is 1. The number of rotatable bonds is 4. The van der Waals surface area contributed by atoms with E-state index in [2.05, 4.69) is 25.8 Å². The van der Waals surface area contributed by atoms with Crippen molar-refractivity contribution in [2.45, 2.75) is 40.2 Å². The lowest BCUT2D eigenvalue weighted by Gasteiger charge is -2.17. The standard InChI is InChI=1S/C11H19NOS/c1-7(2)8(3)5-10(13)11-12-9(4)6-14-11/h6-8,10,13H,5H2,1-4H3. The summed E-state index contributed by atoms with van der Waals surface area (Å²) in [5.41, 5.74) is 1.00. The average Bonchev–Trinajstić information content (AvgIpc) is 2.51. The molecule has 2 atom stereocenters. The predicted octanol–water partition coefficient (Wildman–Crippen LogP) is 3.17. The predicted molar refractivity (Wildman–Crippen MR) is 60.4 cm³/mol. The Hall–Kier alpha value is -0.410. The van der Waals surface area contributed by atoms with Crippen LogP contribution in [0, 0.1) is 18.8 Å². The Kier molecular flexibility index (Phi) is 4.08. The van der Waals surface area contributed by atoms with Crippen molar-refractivity contribution in [2.24, 2.45) is 11.8 Å². The van der Waals surface area contributed by atoms with Gasteiger partial charge in [0.15, 0.2) is 0 Å². The van der Waals surface area contributed by atoms with Gasteiger partial charge in [-0.25, -0.2) is 4.98 Å². The summed E-state index contributed by atoms with van der Waals surface area (Å²) in [5, 5.41) is 12.7. The van der Waals surface area contributed by atoms with E-state index in [-0.39, 0.29) is 6.10 Å². The molecule has 80 valence electrons. The maximum atomic E-state index is 9.90. The first-order valence-electron chi connectivity index (χ1n) is 5.10. The molecule has 0 aliphatic rings. The molecule has 1 aromatic rings. The van der Waals surface area contributed by atoms with Crippen LogP contribution in [0.1, 0.15) is 44.0 Å². The highest BCUT2D eigenvalue weighted by molar-refractivity contribution is 7.09. The smallest absolute Gasteiger partial charge is 0.121 e. The molecule has 0 spiro atoms. The number of thiazole rings is 1. The molecule has 0 amide bonds. The summed E-state index contributed by atoms with van der Waals surface area (Å²) in [5.74, 6) is 1.15. The van der Waals surface area contributed by atoms with Crippen molar-refractivity contribution in [1.82, 2.24) is 4.98 Å². The van der Waals surface area contributed by atoms with Crippen molar-refractivity contribution in [2.75, 3.05) is 0 Å². The fourth-order valence-corrected chi connectivity index (χ4v) is 2.04. The zero-order chi connectivity index (χ0) is 10.7. The van der Waals surface area contributed by atoms with Crippen LogP contribution >= 0.6 is 11.3 Å². The van der Waals surface area contributed by atoms with E-state index in [0.717, 1.165) is 17.1 Å². The third-order valence-corrected chi connectivity index (χ3v) is 3.72. The largest absolute Gasteiger partial charge is 0.386 e. The fraction of sp³-hybridized carbons (Fsp3) is 0.727. The highest BCUT2D eigenvalue weighted by Crippen LogP contribution is 2.27. The van der Waals surface area contributed by atoms with Gasteiger partial charge < -0.3 is 5.11 Å². The topological polar surface area (TPSA) is 33.1 Å². The monoisotopic (exact) mass is 213 g/mol. The van der Waals surface area contributed by atoms with Gasteiger partial charge in [-0.2, -0.15) is 0 Å². The highest BCUT2D eigenvalue weighted by atomic mass is 32.1. The summed E-state index contributed by atoms with van der Waals surface area (Å²) in [6.07, 6.45) is 0.427. The van der Waals surface area contributed by atoms with E-state index in [0.29, 0.717) is 11.8 Å². The molecule has 1 aromatic heterocycles. The Morgan fingerprint density at radius 2 is 2.07 bits per heavy atom. The quantitative estimate of drug-likeness (QED) is 0.833. The number of aliphatic hydroxyl groups excluding tert-OH is 1. The van der Waals surface area contributed by atoms with Gasteiger partial charge in [0.2, 0.25) is 0 Å². The van der Waals surface area contributed by atoms with Gasteiger partial charge >= 0.3 is 0 Å². The summed E-state index contributed by atoms with van der Waals surface area (Å²) >= 11 is 1.55. The van der Waals surface area contributed by atoms with Crippen LogP contribution in [0.2, 0.25) is 0 Å². The molecule has 0 bridgehead atoms. The first-order valence-corrected chi connectivity index (χ1v) is 5.98. The summed E-state index contributed by atoms with van der Waals surface area (Å²) in [7, 11) is 0. The number of aromatic nitrogens is 1. The molecule has 0 radical (unpaired) electrons. The highest BCUT2D eigenvalue weighted by Gasteiger charge is 2.17. The van der Waals surface area contributed by atoms with Crippen LogP contribution in [0.15, 0.2) is 5.38 Å². The number of aryl methyl sites for hydroxylation is 1. The molecule has 14 heavy (non-hydrogen) atoms. The molecule has 0 aromatic carbocycles. The first-order chi connectivity index (χ1) is 6.50. The molecule has 0 saturated carbocycles. The van der Waals surface area contributed by atoms with Crippen molar-refractivity contribution in [3.63, 3.8) is 0 Å². The molecule has 1 heterocycles. The lowest BCUT2D eigenvalue weighted by Crippen LogP contribution is -2.09. The van der Waals surface area contributed by atoms with Gasteiger partial charge in [-0.05, 0) is 25.2 Å². The zero-order valence-corrected chi connectivity index (χ0v) is 10.1. The van der Waals surface area contributed by atoms with Gasteiger partial charge in [-0.3, -0.25) is 0 Å². The van der Waals surface area contributed by atoms with Crippen LogP contribution in [0.25, 0.3) is 0 Å². The van der Waals surface area contributed by atoms with Crippen molar-refractivity contribution < 1.29 is 5.11 Å². The van der Waals surface area contributed by atoms with Crippen LogP contribution in [0.4, 0.5) is 0 Å². The van der Waals surface area contributed by atoms with Crippen molar-refractivity contribution in [1.29, 1.82) is 0 Å². The Morgan fingerprint density at radius 3 is 2.50 bits per heavy atom. The van der Waals surface area contributed by atoms with E-state index in [4.69, 9.17) is 0 Å². The summed E-state index contributed by atoms with van der Waals surface area (Å²) in [6, 6.07) is 0. The van der Waals surface area contributed by atoms with Crippen molar-refractivity contribution in [3.8, 4) is 0 Å². The molecule has 0 fully saturated rings. The van der Waals surface area contributed by atoms with E-state index in [1.165, 1.54) is 0 Å². The number of hydrogen-bond donors (Lipinski definition) is 1. The molecule has 2 unspecified atom stereocenters. The number of hydrogen-bond acceptors (Lipinski definition) is 3. The van der Waals surface area contributed by atoms with Gasteiger partial charge in [0.1, 0.15) is 11.1 Å². The SMILES string of the molecule is Cc1csc(C(O)CC(C)C(C)C)n1. The average molecular weight is 213 g/mol. The zero-order valence-electron chi connectivity index (χ0n) is 9.32. The molecule has 0 aliphatic carbocycles. The Balaban J connectivity index is 2.54. The molecular formula is C11H19NOS. The molecule has 0 aliphatic heterocycles. The summed E-state index contributed by atoms with van der Waals surface area (Å²) < 4.78 is 0. The van der Waals surface area contributed by atoms with Gasteiger partial charge in [0.05, 0.1) is 0 Å². The number of nitrogens with zero attached hydrogens (tertiary/aromatic N) is 1. The van der Waals surface area contributed by atoms with Gasteiger partial charge in [-0.1, -0.05) is 20.8 Å². The molecule has 0 saturated heterocycles. The summed E-state index contributed by atoms with van der Waals surface area (Å²) in [6.45, 7) is 8.50. The van der Waals surface area contributed by atoms with Gasteiger partial charge in [0.25, 0.3) is 0 Å². The van der Waals surface area contributed by atoms with Crippen LogP contribution in [-0.2, 0) is 0 Å². The van der Waals surface area contributed by atoms with Gasteiger partial charge in [0, 0.05) is 11.1 Å². The van der Waals surface area contributed by atoms with E-state index >= 15 is 0 Å². The normalized spacial score (nSPS) is 15.9. The van der Waals surface area contributed by atoms with Crippen LogP contribution in [-0.4, -0.2) is 10.1 Å². The van der Waals surface area contributed by atoms with E-state index in [1.807, 2.05) is 12.3 Å². The maximum Gasteiger partial charge on any atom is 0.121 e. The molecule has 1 rings (SSSR count). The van der Waals surface area contributed by atoms with Crippen molar-refractivity contribution in [3.05, 3.63) is 16.1 Å². The minimum atomic E-state index is -0.383. The lowest BCUT2D eigenvalue weighted by molar-refractivity contribution is 0.135. The Morgan fingerprint density at radius 1 is 1.43 bits per heavy atom. The molecule has 3 heteroatoms. The van der Waals surface area contributed by atoms with Crippen LogP contribution < -0.4 is 0 Å². The second-order valence-electron chi connectivity index (χ2n) is 4.30. The summed E-state index contributed by atoms with van der Waals surface area (Å²) in [4.78, 5) is 4.29. The molecular weight excluding hydrogens is 194 g/mol. The maximum absolute atomic E-state index is 9.90. The lowest BCUT2D eigenvalue weighted by atomic mass is 9.92.